The Balaban J connectivity index is 2.08. The number of nitrogens with one attached hydrogen (secondary N) is 1. The second-order valence-electron chi connectivity index (χ2n) is 5.19. The van der Waals surface area contributed by atoms with Gasteiger partial charge in [0, 0.05) is 23.4 Å². The van der Waals surface area contributed by atoms with E-state index in [-0.39, 0.29) is 5.43 Å². The highest BCUT2D eigenvalue weighted by atomic mass is 16.1. The molecular formula is C19H13N3O. The first-order chi connectivity index (χ1) is 11.3. The molecule has 0 unspecified atom stereocenters. The van der Waals surface area contributed by atoms with Crippen molar-refractivity contribution in [2.75, 3.05) is 0 Å². The first-order valence-corrected chi connectivity index (χ1v) is 7.33. The van der Waals surface area contributed by atoms with E-state index in [1.54, 1.807) is 6.20 Å². The van der Waals surface area contributed by atoms with Crippen LogP contribution in [0.1, 0.15) is 0 Å². The monoisotopic (exact) mass is 299 g/mol. The van der Waals surface area contributed by atoms with Crippen LogP contribution in [0.5, 0.6) is 0 Å². The average molecular weight is 299 g/mol. The molecule has 0 aliphatic heterocycles. The largest absolute Gasteiger partial charge is 0.346 e. The molecule has 4 rings (SSSR count). The van der Waals surface area contributed by atoms with Gasteiger partial charge in [0.1, 0.15) is 5.65 Å². The maximum Gasteiger partial charge on any atom is 0.193 e. The lowest BCUT2D eigenvalue weighted by molar-refractivity contribution is 1.18. The molecule has 23 heavy (non-hydrogen) atoms. The van der Waals surface area contributed by atoms with Crippen LogP contribution < -0.4 is 5.43 Å². The van der Waals surface area contributed by atoms with Crippen LogP contribution in [0.4, 0.5) is 0 Å². The number of aromatic amines is 1. The second kappa shape index (κ2) is 5.50. The third-order valence-electron chi connectivity index (χ3n) is 3.69. The van der Waals surface area contributed by atoms with Crippen LogP contribution in [0.2, 0.25) is 0 Å². The maximum atomic E-state index is 12.3. The SMILES string of the molecule is O=c1cc[nH]c2nc(-c3ccccc3)nc(-c3ccccc3)c12. The molecule has 0 aliphatic rings. The molecule has 4 aromatic rings. The van der Waals surface area contributed by atoms with Gasteiger partial charge >= 0.3 is 0 Å². The number of H-pyrrole nitrogens is 1. The fraction of sp³-hybridized carbons (Fsp3) is 0. The predicted molar refractivity (Wildman–Crippen MR) is 91.0 cm³/mol. The minimum atomic E-state index is -0.0859. The van der Waals surface area contributed by atoms with Crippen molar-refractivity contribution in [3.63, 3.8) is 0 Å². The van der Waals surface area contributed by atoms with Crippen LogP contribution in [0.25, 0.3) is 33.7 Å². The molecule has 0 amide bonds. The highest BCUT2D eigenvalue weighted by Crippen LogP contribution is 2.25. The minimum Gasteiger partial charge on any atom is -0.346 e. The molecule has 0 bridgehead atoms. The van der Waals surface area contributed by atoms with Gasteiger partial charge in [0.2, 0.25) is 0 Å². The molecule has 4 nitrogen and oxygen atoms in total. The Bertz CT molecular complexity index is 1020. The predicted octanol–water partition coefficient (Wildman–Crippen LogP) is 3.65. The zero-order valence-corrected chi connectivity index (χ0v) is 12.2. The number of nitrogens with zero attached hydrogens (tertiary/aromatic N) is 2. The summed E-state index contributed by atoms with van der Waals surface area (Å²) < 4.78 is 0. The van der Waals surface area contributed by atoms with Crippen molar-refractivity contribution in [1.29, 1.82) is 0 Å². The van der Waals surface area contributed by atoms with E-state index < -0.39 is 0 Å². The van der Waals surface area contributed by atoms with Crippen LogP contribution in [0.3, 0.4) is 0 Å². The zero-order valence-electron chi connectivity index (χ0n) is 12.2. The lowest BCUT2D eigenvalue weighted by atomic mass is 10.1. The van der Waals surface area contributed by atoms with Gasteiger partial charge in [0.15, 0.2) is 11.3 Å². The number of benzene rings is 2. The molecule has 2 heterocycles. The van der Waals surface area contributed by atoms with Gasteiger partial charge in [-0.3, -0.25) is 4.79 Å². The summed E-state index contributed by atoms with van der Waals surface area (Å²) in [5, 5.41) is 0.512. The molecule has 2 aromatic heterocycles. The van der Waals surface area contributed by atoms with Crippen LogP contribution in [-0.2, 0) is 0 Å². The van der Waals surface area contributed by atoms with Crippen molar-refractivity contribution in [3.05, 3.63) is 83.2 Å². The van der Waals surface area contributed by atoms with Gasteiger partial charge < -0.3 is 4.98 Å². The fourth-order valence-electron chi connectivity index (χ4n) is 2.60. The third kappa shape index (κ3) is 2.40. The van der Waals surface area contributed by atoms with E-state index in [0.29, 0.717) is 22.6 Å². The summed E-state index contributed by atoms with van der Waals surface area (Å²) in [5.74, 6) is 0.596. The van der Waals surface area contributed by atoms with E-state index >= 15 is 0 Å². The molecule has 0 atom stereocenters. The molecule has 0 saturated heterocycles. The van der Waals surface area contributed by atoms with Gasteiger partial charge in [-0.25, -0.2) is 9.97 Å². The summed E-state index contributed by atoms with van der Waals surface area (Å²) in [6.07, 6.45) is 1.61. The van der Waals surface area contributed by atoms with Crippen LogP contribution in [0.15, 0.2) is 77.7 Å². The Hall–Kier alpha value is -3.27. The average Bonchev–Trinajstić information content (AvgIpc) is 2.62. The van der Waals surface area contributed by atoms with Crippen molar-refractivity contribution in [1.82, 2.24) is 15.0 Å². The van der Waals surface area contributed by atoms with E-state index in [1.807, 2.05) is 60.7 Å². The number of rotatable bonds is 2. The normalized spacial score (nSPS) is 10.8. The van der Waals surface area contributed by atoms with E-state index in [1.165, 1.54) is 6.07 Å². The summed E-state index contributed by atoms with van der Waals surface area (Å²) in [7, 11) is 0. The van der Waals surface area contributed by atoms with Crippen LogP contribution in [-0.4, -0.2) is 15.0 Å². The molecule has 4 heteroatoms. The topological polar surface area (TPSA) is 58.6 Å². The van der Waals surface area contributed by atoms with E-state index in [9.17, 15) is 4.79 Å². The Morgan fingerprint density at radius 3 is 2.09 bits per heavy atom. The number of hydrogen-bond donors (Lipinski definition) is 1. The quantitative estimate of drug-likeness (QED) is 0.614. The molecule has 0 fully saturated rings. The smallest absolute Gasteiger partial charge is 0.193 e. The number of fused-ring (bicyclic) bond motifs is 1. The Kier molecular flexibility index (Phi) is 3.20. The van der Waals surface area contributed by atoms with Crippen molar-refractivity contribution in [2.45, 2.75) is 0 Å². The maximum absolute atomic E-state index is 12.3. The fourth-order valence-corrected chi connectivity index (χ4v) is 2.60. The highest BCUT2D eigenvalue weighted by molar-refractivity contribution is 5.91. The molecule has 2 aromatic carbocycles. The summed E-state index contributed by atoms with van der Waals surface area (Å²) in [5.41, 5.74) is 2.92. The molecule has 1 N–H and O–H groups in total. The molecule has 0 aliphatic carbocycles. The van der Waals surface area contributed by atoms with Gasteiger partial charge in [0.05, 0.1) is 11.1 Å². The third-order valence-corrected chi connectivity index (χ3v) is 3.69. The summed E-state index contributed by atoms with van der Waals surface area (Å²) in [4.78, 5) is 24.6. The highest BCUT2D eigenvalue weighted by Gasteiger charge is 2.13. The second-order valence-corrected chi connectivity index (χ2v) is 5.19. The number of aromatic nitrogens is 3. The first kappa shape index (κ1) is 13.4. The minimum absolute atomic E-state index is 0.0859. The number of hydrogen-bond acceptors (Lipinski definition) is 3. The number of pyridine rings is 1. The zero-order chi connectivity index (χ0) is 15.6. The van der Waals surface area contributed by atoms with Gasteiger partial charge in [-0.15, -0.1) is 0 Å². The van der Waals surface area contributed by atoms with E-state index in [0.717, 1.165) is 11.1 Å². The van der Waals surface area contributed by atoms with E-state index in [4.69, 9.17) is 0 Å². The first-order valence-electron chi connectivity index (χ1n) is 7.33. The summed E-state index contributed by atoms with van der Waals surface area (Å²) in [6, 6.07) is 20.9. The standard InChI is InChI=1S/C19H13N3O/c23-15-11-12-20-19-16(15)17(13-7-3-1-4-8-13)21-18(22-19)14-9-5-2-6-10-14/h1-12H,(H,20,21,22,23). The Morgan fingerprint density at radius 1 is 0.739 bits per heavy atom. The van der Waals surface area contributed by atoms with Crippen molar-refractivity contribution in [3.8, 4) is 22.6 Å². The van der Waals surface area contributed by atoms with Crippen molar-refractivity contribution in [2.24, 2.45) is 0 Å². The van der Waals surface area contributed by atoms with Gasteiger partial charge in [-0.2, -0.15) is 0 Å². The molecule has 0 spiro atoms. The Labute approximate surface area is 132 Å². The van der Waals surface area contributed by atoms with Crippen LogP contribution in [0, 0.1) is 0 Å². The summed E-state index contributed by atoms with van der Waals surface area (Å²) in [6.45, 7) is 0. The molecule has 0 radical (unpaired) electrons. The molecule has 110 valence electrons. The van der Waals surface area contributed by atoms with Crippen molar-refractivity contribution < 1.29 is 0 Å². The van der Waals surface area contributed by atoms with Crippen molar-refractivity contribution >= 4 is 11.0 Å². The van der Waals surface area contributed by atoms with Gasteiger partial charge in [-0.1, -0.05) is 60.7 Å². The van der Waals surface area contributed by atoms with E-state index in [2.05, 4.69) is 15.0 Å². The lowest BCUT2D eigenvalue weighted by Crippen LogP contribution is -2.06. The molecular weight excluding hydrogens is 286 g/mol. The van der Waals surface area contributed by atoms with Crippen LogP contribution >= 0.6 is 0 Å². The summed E-state index contributed by atoms with van der Waals surface area (Å²) >= 11 is 0. The van der Waals surface area contributed by atoms with Gasteiger partial charge in [-0.05, 0) is 0 Å². The lowest BCUT2D eigenvalue weighted by Gasteiger charge is -2.08. The molecule has 0 saturated carbocycles. The Morgan fingerprint density at radius 2 is 1.39 bits per heavy atom. The van der Waals surface area contributed by atoms with Gasteiger partial charge in [0.25, 0.3) is 0 Å².